The lowest BCUT2D eigenvalue weighted by Crippen LogP contribution is -2.37. The highest BCUT2D eigenvalue weighted by Crippen LogP contribution is 2.38. The predicted molar refractivity (Wildman–Crippen MR) is 121 cm³/mol. The zero-order valence-electron chi connectivity index (χ0n) is 18.1. The monoisotopic (exact) mass is 439 g/mol. The van der Waals surface area contributed by atoms with Crippen molar-refractivity contribution in [2.24, 2.45) is 24.8 Å². The molecule has 5 nitrogen and oxygen atoms in total. The third kappa shape index (κ3) is 4.30. The first-order valence-corrected chi connectivity index (χ1v) is 12.0. The van der Waals surface area contributed by atoms with Crippen LogP contribution in [-0.2, 0) is 29.6 Å². The number of benzene rings is 1. The number of halogens is 1. The molecule has 0 bridgehead atoms. The van der Waals surface area contributed by atoms with Crippen molar-refractivity contribution >= 4 is 29.0 Å². The van der Waals surface area contributed by atoms with Gasteiger partial charge in [0.2, 0.25) is 5.91 Å². The maximum atomic E-state index is 13.7. The first kappa shape index (κ1) is 20.7. The number of aryl methyl sites for hydroxylation is 1. The highest BCUT2D eigenvalue weighted by molar-refractivity contribution is 6.30. The molecule has 2 aromatic rings. The first-order valence-electron chi connectivity index (χ1n) is 11.6. The third-order valence-corrected chi connectivity index (χ3v) is 7.70. The number of ketones is 1. The molecule has 0 spiro atoms. The molecule has 0 atom stereocenters. The number of amides is 1. The molecule has 2 aliphatic carbocycles. The van der Waals surface area contributed by atoms with Gasteiger partial charge in [-0.15, -0.1) is 0 Å². The van der Waals surface area contributed by atoms with E-state index in [1.165, 1.54) is 0 Å². The Bertz CT molecular complexity index is 1000. The summed E-state index contributed by atoms with van der Waals surface area (Å²) in [6, 6.07) is 5.85. The van der Waals surface area contributed by atoms with Gasteiger partial charge in [0.1, 0.15) is 5.78 Å². The minimum atomic E-state index is 0.0529. The average Bonchev–Trinajstić information content (AvgIpc) is 3.58. The number of Topliss-reactive ketones (excluding diaryl/α,β-unsaturated/α-hetero) is 1. The molecule has 1 aliphatic heterocycles. The van der Waals surface area contributed by atoms with Crippen LogP contribution in [0.2, 0.25) is 5.02 Å². The minimum Gasteiger partial charge on any atom is -0.307 e. The van der Waals surface area contributed by atoms with Crippen LogP contribution in [0.1, 0.15) is 68.2 Å². The van der Waals surface area contributed by atoms with Crippen molar-refractivity contribution in [1.82, 2.24) is 9.78 Å². The van der Waals surface area contributed by atoms with Crippen molar-refractivity contribution in [2.75, 3.05) is 4.90 Å². The molecule has 31 heavy (non-hydrogen) atoms. The molecular weight excluding hydrogens is 410 g/mol. The number of nitrogens with zero attached hydrogens (tertiary/aromatic N) is 3. The number of rotatable bonds is 5. The Morgan fingerprint density at radius 2 is 1.81 bits per heavy atom. The Balaban J connectivity index is 1.29. The summed E-state index contributed by atoms with van der Waals surface area (Å²) in [5, 5.41) is 5.11. The molecule has 2 heterocycles. The molecule has 5 rings (SSSR count). The molecule has 164 valence electrons. The molecule has 6 heteroatoms. The Morgan fingerprint density at radius 3 is 2.55 bits per heavy atom. The van der Waals surface area contributed by atoms with E-state index in [-0.39, 0.29) is 11.8 Å². The average molecular weight is 440 g/mol. The standard InChI is InChI=1S/C25H30ClN3O2/c1-28-23-13-19-12-21(26)9-10-22(19)29(15-20(23)14-27-28)25(31)18-5-2-16(3-6-18)4-11-24(30)17-7-8-17/h9-10,12,14,16-18H,2-8,11,13,15H2,1H3. The maximum Gasteiger partial charge on any atom is 0.230 e. The van der Waals surface area contributed by atoms with E-state index in [0.29, 0.717) is 29.2 Å². The summed E-state index contributed by atoms with van der Waals surface area (Å²) in [5.41, 5.74) is 4.30. The summed E-state index contributed by atoms with van der Waals surface area (Å²) in [6.45, 7) is 0.562. The van der Waals surface area contributed by atoms with Gasteiger partial charge >= 0.3 is 0 Å². The molecule has 1 aromatic heterocycles. The summed E-state index contributed by atoms with van der Waals surface area (Å²) >= 11 is 6.29. The number of hydrogen-bond acceptors (Lipinski definition) is 3. The lowest BCUT2D eigenvalue weighted by atomic mass is 9.79. The zero-order valence-corrected chi connectivity index (χ0v) is 18.9. The second kappa shape index (κ2) is 8.42. The van der Waals surface area contributed by atoms with E-state index in [1.807, 2.05) is 41.0 Å². The lowest BCUT2D eigenvalue weighted by molar-refractivity contribution is -0.124. The van der Waals surface area contributed by atoms with Crippen LogP contribution in [0.5, 0.6) is 0 Å². The summed E-state index contributed by atoms with van der Waals surface area (Å²) in [6.07, 6.45) is 10.5. The van der Waals surface area contributed by atoms with Crippen LogP contribution in [-0.4, -0.2) is 21.5 Å². The maximum absolute atomic E-state index is 13.7. The second-order valence-electron chi connectivity index (χ2n) is 9.61. The molecule has 0 saturated heterocycles. The summed E-state index contributed by atoms with van der Waals surface area (Å²) in [7, 11) is 1.95. The second-order valence-corrected chi connectivity index (χ2v) is 10.0. The van der Waals surface area contributed by atoms with E-state index in [1.54, 1.807) is 0 Å². The Kier molecular flexibility index (Phi) is 5.63. The van der Waals surface area contributed by atoms with E-state index in [2.05, 4.69) is 5.10 Å². The highest BCUT2D eigenvalue weighted by Gasteiger charge is 2.34. The van der Waals surface area contributed by atoms with Crippen LogP contribution in [0, 0.1) is 17.8 Å². The topological polar surface area (TPSA) is 55.2 Å². The van der Waals surface area contributed by atoms with Crippen LogP contribution in [0.15, 0.2) is 24.4 Å². The van der Waals surface area contributed by atoms with Crippen molar-refractivity contribution in [2.45, 2.75) is 64.3 Å². The molecule has 2 saturated carbocycles. The number of hydrogen-bond donors (Lipinski definition) is 0. The number of carbonyl (C=O) groups is 2. The van der Waals surface area contributed by atoms with E-state index in [9.17, 15) is 9.59 Å². The van der Waals surface area contributed by atoms with Crippen molar-refractivity contribution in [3.63, 3.8) is 0 Å². The smallest absolute Gasteiger partial charge is 0.230 e. The number of fused-ring (bicyclic) bond motifs is 2. The highest BCUT2D eigenvalue weighted by atomic mass is 35.5. The van der Waals surface area contributed by atoms with Crippen LogP contribution in [0.3, 0.4) is 0 Å². The molecule has 1 amide bonds. The third-order valence-electron chi connectivity index (χ3n) is 7.46. The molecule has 0 N–H and O–H groups in total. The summed E-state index contributed by atoms with van der Waals surface area (Å²) < 4.78 is 1.90. The fourth-order valence-corrected chi connectivity index (χ4v) is 5.53. The Hall–Kier alpha value is -2.14. The molecule has 0 radical (unpaired) electrons. The zero-order chi connectivity index (χ0) is 21.5. The predicted octanol–water partition coefficient (Wildman–Crippen LogP) is 5.08. The largest absolute Gasteiger partial charge is 0.307 e. The van der Waals surface area contributed by atoms with Gasteiger partial charge in [-0.25, -0.2) is 0 Å². The molecular formula is C25H30ClN3O2. The van der Waals surface area contributed by atoms with E-state index < -0.39 is 0 Å². The van der Waals surface area contributed by atoms with Gasteiger partial charge in [0, 0.05) is 53.7 Å². The van der Waals surface area contributed by atoms with Gasteiger partial charge in [0.15, 0.2) is 0 Å². The van der Waals surface area contributed by atoms with Crippen molar-refractivity contribution in [3.8, 4) is 0 Å². The van der Waals surface area contributed by atoms with E-state index >= 15 is 0 Å². The minimum absolute atomic E-state index is 0.0529. The van der Waals surface area contributed by atoms with Crippen LogP contribution >= 0.6 is 11.6 Å². The Labute approximate surface area is 188 Å². The molecule has 2 fully saturated rings. The summed E-state index contributed by atoms with van der Waals surface area (Å²) in [5.74, 6) is 1.69. The lowest BCUT2D eigenvalue weighted by Gasteiger charge is -2.32. The van der Waals surface area contributed by atoms with Gasteiger partial charge < -0.3 is 4.90 Å². The molecule has 0 unspecified atom stereocenters. The first-order chi connectivity index (χ1) is 15.0. The van der Waals surface area contributed by atoms with Gasteiger partial charge in [-0.3, -0.25) is 14.3 Å². The summed E-state index contributed by atoms with van der Waals surface area (Å²) in [4.78, 5) is 27.6. The van der Waals surface area contributed by atoms with Gasteiger partial charge in [0.05, 0.1) is 12.7 Å². The molecule has 3 aliphatic rings. The quantitative estimate of drug-likeness (QED) is 0.653. The number of aromatic nitrogens is 2. The van der Waals surface area contributed by atoms with Gasteiger partial charge in [0.25, 0.3) is 0 Å². The van der Waals surface area contributed by atoms with Crippen molar-refractivity contribution in [1.29, 1.82) is 0 Å². The SMILES string of the molecule is Cn1ncc2c1Cc1cc(Cl)ccc1N(C(=O)C1CCC(CCC(=O)C3CC3)CC1)C2. The van der Waals surface area contributed by atoms with Gasteiger partial charge in [-0.2, -0.15) is 5.10 Å². The van der Waals surface area contributed by atoms with Gasteiger partial charge in [-0.05, 0) is 74.6 Å². The Morgan fingerprint density at radius 1 is 1.06 bits per heavy atom. The van der Waals surface area contributed by atoms with Crippen LogP contribution in [0.25, 0.3) is 0 Å². The molecule has 1 aromatic carbocycles. The fraction of sp³-hybridized carbons (Fsp3) is 0.560. The number of anilines is 1. The fourth-order valence-electron chi connectivity index (χ4n) is 5.33. The van der Waals surface area contributed by atoms with E-state index in [4.69, 9.17) is 11.6 Å². The van der Waals surface area contributed by atoms with E-state index in [0.717, 1.165) is 80.3 Å². The van der Waals surface area contributed by atoms with Crippen LogP contribution < -0.4 is 4.90 Å². The van der Waals surface area contributed by atoms with Crippen LogP contribution in [0.4, 0.5) is 5.69 Å². The van der Waals surface area contributed by atoms with Gasteiger partial charge in [-0.1, -0.05) is 11.6 Å². The van der Waals surface area contributed by atoms with Crippen molar-refractivity contribution in [3.05, 3.63) is 46.2 Å². The normalized spacial score (nSPS) is 23.1. The number of carbonyl (C=O) groups excluding carboxylic acids is 2. The van der Waals surface area contributed by atoms with Crippen molar-refractivity contribution < 1.29 is 9.59 Å².